The predicted octanol–water partition coefficient (Wildman–Crippen LogP) is 17.2. The minimum Gasteiger partial charge on any atom is -0.462 e. The molecule has 0 aromatic rings. The van der Waals surface area contributed by atoms with Crippen LogP contribution in [0, 0.1) is 11.8 Å². The van der Waals surface area contributed by atoms with E-state index < -0.39 is 97.5 Å². The Kier molecular flexibility index (Phi) is 54.4. The van der Waals surface area contributed by atoms with Crippen molar-refractivity contribution >= 4 is 39.5 Å². The number of aliphatic hydroxyl groups excluding tert-OH is 1. The maximum atomic E-state index is 13.0. The van der Waals surface area contributed by atoms with Gasteiger partial charge in [-0.3, -0.25) is 37.3 Å². The van der Waals surface area contributed by atoms with Gasteiger partial charge in [-0.15, -0.1) is 0 Å². The Hall–Kier alpha value is -2.46. The molecule has 0 spiro atoms. The lowest BCUT2D eigenvalue weighted by atomic mass is 10.0. The van der Waals surface area contributed by atoms with Crippen LogP contribution in [-0.4, -0.2) is 96.7 Å². The first-order valence-corrected chi connectivity index (χ1v) is 35.8. The lowest BCUT2D eigenvalue weighted by Gasteiger charge is -2.21. The summed E-state index contributed by atoms with van der Waals surface area (Å²) in [4.78, 5) is 72.1. The maximum Gasteiger partial charge on any atom is 0.472 e. The molecule has 83 heavy (non-hydrogen) atoms. The van der Waals surface area contributed by atoms with Crippen LogP contribution in [0.5, 0.6) is 0 Å². The van der Waals surface area contributed by atoms with Gasteiger partial charge in [0.25, 0.3) is 0 Å². The van der Waals surface area contributed by atoms with Crippen LogP contribution in [0.15, 0.2) is 24.3 Å². The zero-order valence-electron chi connectivity index (χ0n) is 53.0. The molecule has 5 atom stereocenters. The van der Waals surface area contributed by atoms with Gasteiger partial charge in [0.1, 0.15) is 19.3 Å². The number of unbranched alkanes of at least 4 members (excludes halogenated alkanes) is 28. The van der Waals surface area contributed by atoms with E-state index in [1.807, 2.05) is 0 Å². The number of aliphatic hydroxyl groups is 1. The predicted molar refractivity (Wildman–Crippen MR) is 331 cm³/mol. The second kappa shape index (κ2) is 56.1. The van der Waals surface area contributed by atoms with E-state index in [9.17, 15) is 43.2 Å². The second-order valence-corrected chi connectivity index (χ2v) is 26.3. The summed E-state index contributed by atoms with van der Waals surface area (Å²) in [5.41, 5.74) is 0. The van der Waals surface area contributed by atoms with Gasteiger partial charge in [-0.05, 0) is 63.2 Å². The van der Waals surface area contributed by atoms with E-state index in [2.05, 4.69) is 65.8 Å². The molecule has 0 fully saturated rings. The molecule has 0 radical (unpaired) electrons. The smallest absolute Gasteiger partial charge is 0.462 e. The number of ether oxygens (including phenoxy) is 4. The Morgan fingerprint density at radius 2 is 0.651 bits per heavy atom. The summed E-state index contributed by atoms with van der Waals surface area (Å²) < 4.78 is 67.9. The van der Waals surface area contributed by atoms with Crippen LogP contribution in [0.1, 0.15) is 292 Å². The highest BCUT2D eigenvalue weighted by molar-refractivity contribution is 7.47. The van der Waals surface area contributed by atoms with Gasteiger partial charge in [-0.25, -0.2) is 9.13 Å². The maximum absolute atomic E-state index is 13.0. The van der Waals surface area contributed by atoms with Crippen molar-refractivity contribution in [1.82, 2.24) is 0 Å². The Morgan fingerprint density at radius 3 is 0.988 bits per heavy atom. The molecule has 0 amide bonds. The molecular weight excluding hydrogens is 1100 g/mol. The monoisotopic (exact) mass is 1220 g/mol. The summed E-state index contributed by atoms with van der Waals surface area (Å²) in [6, 6.07) is 0. The number of esters is 4. The van der Waals surface area contributed by atoms with Gasteiger partial charge in [-0.1, -0.05) is 239 Å². The molecule has 0 saturated carbocycles. The molecule has 0 aliphatic rings. The molecule has 3 N–H and O–H groups in total. The number of carbonyl (C=O) groups is 4. The van der Waals surface area contributed by atoms with E-state index in [0.29, 0.717) is 37.5 Å². The molecule has 0 saturated heterocycles. The highest BCUT2D eigenvalue weighted by atomic mass is 31.2. The van der Waals surface area contributed by atoms with Gasteiger partial charge in [0, 0.05) is 25.7 Å². The number of carbonyl (C=O) groups excluding carboxylic acids is 4. The second-order valence-electron chi connectivity index (χ2n) is 23.4. The van der Waals surface area contributed by atoms with Gasteiger partial charge >= 0.3 is 39.5 Å². The van der Waals surface area contributed by atoms with Crippen molar-refractivity contribution in [3.8, 4) is 0 Å². The Labute approximate surface area is 503 Å². The number of hydrogen-bond acceptors (Lipinski definition) is 15. The molecule has 0 bridgehead atoms. The topological polar surface area (TPSA) is 237 Å². The zero-order valence-corrected chi connectivity index (χ0v) is 54.8. The van der Waals surface area contributed by atoms with Crippen molar-refractivity contribution < 1.29 is 80.2 Å². The van der Waals surface area contributed by atoms with Crippen LogP contribution in [-0.2, 0) is 65.4 Å². The Balaban J connectivity index is 5.26. The zero-order chi connectivity index (χ0) is 61.5. The van der Waals surface area contributed by atoms with E-state index in [4.69, 9.17) is 37.0 Å². The average molecular weight is 1220 g/mol. The number of hydrogen-bond donors (Lipinski definition) is 3. The molecule has 19 heteroatoms. The fourth-order valence-electron chi connectivity index (χ4n) is 8.99. The molecule has 0 aliphatic heterocycles. The fraction of sp³-hybridized carbons (Fsp3) is 0.875. The van der Waals surface area contributed by atoms with Crippen molar-refractivity contribution in [3.63, 3.8) is 0 Å². The molecule has 0 aliphatic carbocycles. The first-order valence-electron chi connectivity index (χ1n) is 32.8. The summed E-state index contributed by atoms with van der Waals surface area (Å²) in [5, 5.41) is 10.5. The summed E-state index contributed by atoms with van der Waals surface area (Å²) in [6.07, 6.45) is 41.4. The standard InChI is InChI=1S/C64H120O17P2/c1-7-9-11-13-15-17-18-19-20-21-22-24-28-36-42-48-63(68)80-59(52-75-62(67)47-41-35-29-25-26-32-38-44-56(3)4)54-78-82(70,71)76-50-58(65)51-77-83(72,73)79-55-60(81-64(69)49-43-37-31-30-33-39-45-57(5)6)53-74-61(66)46-40-34-27-23-16-14-12-10-8-2/h17-20,56-60,65H,7-16,21-55H2,1-6H3,(H,70,71)(H,72,73)/b18-17-,20-19-/t58-,59-,60-/m1/s1. The van der Waals surface area contributed by atoms with Crippen molar-refractivity contribution in [1.29, 1.82) is 0 Å². The van der Waals surface area contributed by atoms with E-state index in [0.717, 1.165) is 109 Å². The molecule has 0 aromatic carbocycles. The SMILES string of the molecule is CCCCCC/C=C\C=C/CCCCCCCC(=O)O[C@H](COC(=O)CCCCCCCCCC(C)C)COP(=O)(O)OC[C@@H](O)COP(=O)(O)OC[C@@H](COC(=O)CCCCCCCCCCC)OC(=O)CCCCCCCCC(C)C. The first kappa shape index (κ1) is 80.5. The number of rotatable bonds is 61. The molecule has 2 unspecified atom stereocenters. The highest BCUT2D eigenvalue weighted by Crippen LogP contribution is 2.45. The van der Waals surface area contributed by atoms with E-state index in [-0.39, 0.29) is 25.7 Å². The summed E-state index contributed by atoms with van der Waals surface area (Å²) in [5.74, 6) is -0.801. The minimum atomic E-state index is -4.95. The van der Waals surface area contributed by atoms with Crippen LogP contribution in [0.3, 0.4) is 0 Å². The summed E-state index contributed by atoms with van der Waals surface area (Å²) in [7, 11) is -9.90. The normalized spacial score (nSPS) is 14.5. The van der Waals surface area contributed by atoms with Crippen molar-refractivity contribution in [2.24, 2.45) is 11.8 Å². The lowest BCUT2D eigenvalue weighted by molar-refractivity contribution is -0.161. The Bertz CT molecular complexity index is 1720. The van der Waals surface area contributed by atoms with E-state index >= 15 is 0 Å². The van der Waals surface area contributed by atoms with Crippen LogP contribution >= 0.6 is 15.6 Å². The van der Waals surface area contributed by atoms with Crippen LogP contribution in [0.2, 0.25) is 0 Å². The number of phosphoric acid groups is 2. The van der Waals surface area contributed by atoms with Gasteiger partial charge in [0.05, 0.1) is 26.4 Å². The third kappa shape index (κ3) is 58.3. The third-order valence-corrected chi connectivity index (χ3v) is 16.0. The molecule has 0 rings (SSSR count). The number of phosphoric ester groups is 2. The van der Waals surface area contributed by atoms with Crippen LogP contribution in [0.25, 0.3) is 0 Å². The molecule has 0 heterocycles. The van der Waals surface area contributed by atoms with Gasteiger partial charge in [0.2, 0.25) is 0 Å². The number of allylic oxidation sites excluding steroid dienone is 4. The van der Waals surface area contributed by atoms with Gasteiger partial charge < -0.3 is 33.8 Å². The average Bonchev–Trinajstić information content (AvgIpc) is 3.44. The van der Waals surface area contributed by atoms with Crippen molar-refractivity contribution in [2.45, 2.75) is 310 Å². The van der Waals surface area contributed by atoms with Gasteiger partial charge in [0.15, 0.2) is 12.2 Å². The first-order chi connectivity index (χ1) is 39.9. The van der Waals surface area contributed by atoms with Crippen molar-refractivity contribution in [3.05, 3.63) is 24.3 Å². The molecule has 0 aromatic heterocycles. The minimum absolute atomic E-state index is 0.0837. The lowest BCUT2D eigenvalue weighted by Crippen LogP contribution is -2.30. The summed E-state index contributed by atoms with van der Waals surface area (Å²) in [6.45, 7) is 9.26. The van der Waals surface area contributed by atoms with Crippen molar-refractivity contribution in [2.75, 3.05) is 39.6 Å². The quantitative estimate of drug-likeness (QED) is 0.0169. The largest absolute Gasteiger partial charge is 0.472 e. The fourth-order valence-corrected chi connectivity index (χ4v) is 10.6. The molecule has 488 valence electrons. The summed E-state index contributed by atoms with van der Waals surface area (Å²) >= 11 is 0. The molecule has 17 nitrogen and oxygen atoms in total. The highest BCUT2D eigenvalue weighted by Gasteiger charge is 2.30. The van der Waals surface area contributed by atoms with E-state index in [1.54, 1.807) is 0 Å². The van der Waals surface area contributed by atoms with Gasteiger partial charge in [-0.2, -0.15) is 0 Å². The van der Waals surface area contributed by atoms with Crippen LogP contribution in [0.4, 0.5) is 0 Å². The molecular formula is C64H120O17P2. The van der Waals surface area contributed by atoms with Crippen LogP contribution < -0.4 is 0 Å². The van der Waals surface area contributed by atoms with E-state index in [1.165, 1.54) is 89.9 Å². The third-order valence-electron chi connectivity index (χ3n) is 14.1. The Morgan fingerprint density at radius 1 is 0.373 bits per heavy atom.